The summed E-state index contributed by atoms with van der Waals surface area (Å²) in [6, 6.07) is 3.44. The normalized spacial score (nSPS) is 23.5. The van der Waals surface area contributed by atoms with Crippen LogP contribution in [0.1, 0.15) is 24.4 Å². The first-order valence-electron chi connectivity index (χ1n) is 5.85. The minimum atomic E-state index is -0.972. The van der Waals surface area contributed by atoms with Gasteiger partial charge in [-0.3, -0.25) is 9.59 Å². The van der Waals surface area contributed by atoms with E-state index in [1.54, 1.807) is 7.05 Å². The van der Waals surface area contributed by atoms with Crippen LogP contribution in [0.4, 0.5) is 4.39 Å². The van der Waals surface area contributed by atoms with Crippen LogP contribution < -0.4 is 0 Å². The van der Waals surface area contributed by atoms with Gasteiger partial charge in [-0.15, -0.1) is 0 Å². The quantitative estimate of drug-likeness (QED) is 0.907. The van der Waals surface area contributed by atoms with Crippen LogP contribution in [-0.2, 0) is 9.59 Å². The zero-order valence-electron chi connectivity index (χ0n) is 10.3. The van der Waals surface area contributed by atoms with Crippen LogP contribution in [0.3, 0.4) is 0 Å². The summed E-state index contributed by atoms with van der Waals surface area (Å²) in [6.07, 6.45) is 0.475. The van der Waals surface area contributed by atoms with Crippen molar-refractivity contribution in [3.8, 4) is 0 Å². The molecule has 2 rings (SSSR count). The van der Waals surface area contributed by atoms with Crippen molar-refractivity contribution in [3.05, 3.63) is 34.1 Å². The Bertz CT molecular complexity index is 535. The summed E-state index contributed by atoms with van der Waals surface area (Å²) in [4.78, 5) is 24.5. The maximum absolute atomic E-state index is 13.4. The summed E-state index contributed by atoms with van der Waals surface area (Å²) in [5, 5.41) is 9.29. The maximum Gasteiger partial charge on any atom is 0.308 e. The fourth-order valence-corrected chi connectivity index (χ4v) is 2.94. The first-order chi connectivity index (χ1) is 8.91. The lowest BCUT2D eigenvalue weighted by atomic mass is 9.84. The van der Waals surface area contributed by atoms with Gasteiger partial charge in [-0.05, 0) is 30.2 Å². The standard InChI is InChI=1S/C13H13BrFNO3/c1-16-11(17)5-3-8(13(18)19)12(16)9-6-7(15)2-4-10(9)14/h2,4,6,8,12H,3,5H2,1H3,(H,18,19). The molecule has 0 radical (unpaired) electrons. The molecule has 1 aliphatic rings. The van der Waals surface area contributed by atoms with Crippen molar-refractivity contribution < 1.29 is 19.1 Å². The van der Waals surface area contributed by atoms with Crippen LogP contribution >= 0.6 is 15.9 Å². The van der Waals surface area contributed by atoms with Gasteiger partial charge in [-0.25, -0.2) is 4.39 Å². The van der Waals surface area contributed by atoms with E-state index in [4.69, 9.17) is 0 Å². The minimum Gasteiger partial charge on any atom is -0.481 e. The van der Waals surface area contributed by atoms with Crippen LogP contribution in [-0.4, -0.2) is 28.9 Å². The van der Waals surface area contributed by atoms with Crippen LogP contribution in [0.25, 0.3) is 0 Å². The van der Waals surface area contributed by atoms with E-state index in [9.17, 15) is 19.1 Å². The molecule has 1 N–H and O–H groups in total. The lowest BCUT2D eigenvalue weighted by molar-refractivity contribution is -0.150. The summed E-state index contributed by atoms with van der Waals surface area (Å²) in [7, 11) is 1.56. The minimum absolute atomic E-state index is 0.126. The SMILES string of the molecule is CN1C(=O)CCC(C(=O)O)C1c1cc(F)ccc1Br. The van der Waals surface area contributed by atoms with Gasteiger partial charge in [0.15, 0.2) is 0 Å². The van der Waals surface area contributed by atoms with Gasteiger partial charge in [0.1, 0.15) is 5.82 Å². The predicted octanol–water partition coefficient (Wildman–Crippen LogP) is 2.58. The summed E-state index contributed by atoms with van der Waals surface area (Å²) in [5.74, 6) is -2.27. The molecule has 2 atom stereocenters. The van der Waals surface area contributed by atoms with Crippen LogP contribution in [0.15, 0.2) is 22.7 Å². The Morgan fingerprint density at radius 3 is 2.84 bits per heavy atom. The molecule has 1 heterocycles. The number of carbonyl (C=O) groups excluding carboxylic acids is 1. The van der Waals surface area contributed by atoms with E-state index < -0.39 is 23.7 Å². The summed E-state index contributed by atoms with van der Waals surface area (Å²) < 4.78 is 14.0. The molecule has 2 unspecified atom stereocenters. The smallest absolute Gasteiger partial charge is 0.308 e. The average molecular weight is 330 g/mol. The lowest BCUT2D eigenvalue weighted by Crippen LogP contribution is -2.43. The topological polar surface area (TPSA) is 57.6 Å². The molecule has 0 aromatic heterocycles. The van der Waals surface area contributed by atoms with Crippen LogP contribution in [0.5, 0.6) is 0 Å². The highest BCUT2D eigenvalue weighted by molar-refractivity contribution is 9.10. The monoisotopic (exact) mass is 329 g/mol. The van der Waals surface area contributed by atoms with E-state index >= 15 is 0 Å². The van der Waals surface area contributed by atoms with E-state index in [-0.39, 0.29) is 18.7 Å². The van der Waals surface area contributed by atoms with Gasteiger partial charge >= 0.3 is 5.97 Å². The third-order valence-corrected chi connectivity index (χ3v) is 4.18. The molecule has 0 bridgehead atoms. The molecule has 1 saturated heterocycles. The molecule has 1 aliphatic heterocycles. The number of rotatable bonds is 2. The number of likely N-dealkylation sites (tertiary alicyclic amines) is 1. The zero-order chi connectivity index (χ0) is 14.2. The number of carboxylic acid groups (broad SMARTS) is 1. The third kappa shape index (κ3) is 2.63. The fourth-order valence-electron chi connectivity index (χ4n) is 2.46. The molecule has 1 aromatic carbocycles. The Morgan fingerprint density at radius 1 is 1.53 bits per heavy atom. The van der Waals surface area contributed by atoms with Gasteiger partial charge in [-0.2, -0.15) is 0 Å². The Balaban J connectivity index is 2.49. The number of benzene rings is 1. The van der Waals surface area contributed by atoms with Crippen LogP contribution in [0.2, 0.25) is 0 Å². The molecule has 0 saturated carbocycles. The highest BCUT2D eigenvalue weighted by Gasteiger charge is 2.39. The Morgan fingerprint density at radius 2 is 2.21 bits per heavy atom. The fraction of sp³-hybridized carbons (Fsp3) is 0.385. The summed E-state index contributed by atoms with van der Waals surface area (Å²) in [5.41, 5.74) is 0.489. The van der Waals surface area contributed by atoms with Crippen molar-refractivity contribution in [1.82, 2.24) is 4.90 Å². The molecule has 0 aliphatic carbocycles. The van der Waals surface area contributed by atoms with Gasteiger partial charge in [0.05, 0.1) is 12.0 Å². The molecule has 6 heteroatoms. The Labute approximate surface area is 118 Å². The molecular formula is C13H13BrFNO3. The van der Waals surface area contributed by atoms with Crippen molar-refractivity contribution in [2.24, 2.45) is 5.92 Å². The number of nitrogens with zero attached hydrogens (tertiary/aromatic N) is 1. The molecule has 0 spiro atoms. The number of halogens is 2. The third-order valence-electron chi connectivity index (χ3n) is 3.45. The number of piperidine rings is 1. The largest absolute Gasteiger partial charge is 0.481 e. The second-order valence-electron chi connectivity index (χ2n) is 4.60. The van der Waals surface area contributed by atoms with Crippen molar-refractivity contribution >= 4 is 27.8 Å². The van der Waals surface area contributed by atoms with Gasteiger partial charge in [0.2, 0.25) is 5.91 Å². The van der Waals surface area contributed by atoms with E-state index in [0.29, 0.717) is 10.0 Å². The number of hydrogen-bond donors (Lipinski definition) is 1. The van der Waals surface area contributed by atoms with Gasteiger partial charge in [-0.1, -0.05) is 15.9 Å². The van der Waals surface area contributed by atoms with E-state index in [1.807, 2.05) is 0 Å². The Hall–Kier alpha value is -1.43. The number of amides is 1. The van der Waals surface area contributed by atoms with Crippen molar-refractivity contribution in [2.75, 3.05) is 7.05 Å². The van der Waals surface area contributed by atoms with E-state index in [2.05, 4.69) is 15.9 Å². The van der Waals surface area contributed by atoms with Gasteiger partial charge < -0.3 is 10.0 Å². The summed E-state index contributed by atoms with van der Waals surface area (Å²) >= 11 is 3.29. The molecular weight excluding hydrogens is 317 g/mol. The first-order valence-corrected chi connectivity index (χ1v) is 6.64. The van der Waals surface area contributed by atoms with Crippen molar-refractivity contribution in [2.45, 2.75) is 18.9 Å². The predicted molar refractivity (Wildman–Crippen MR) is 70.0 cm³/mol. The summed E-state index contributed by atoms with van der Waals surface area (Å²) in [6.45, 7) is 0. The zero-order valence-corrected chi connectivity index (χ0v) is 11.9. The lowest BCUT2D eigenvalue weighted by Gasteiger charge is -2.37. The second-order valence-corrected chi connectivity index (χ2v) is 5.45. The Kier molecular flexibility index (Phi) is 3.89. The van der Waals surface area contributed by atoms with Crippen molar-refractivity contribution in [1.29, 1.82) is 0 Å². The van der Waals surface area contributed by atoms with Gasteiger partial charge in [0.25, 0.3) is 0 Å². The van der Waals surface area contributed by atoms with E-state index in [0.717, 1.165) is 0 Å². The molecule has 19 heavy (non-hydrogen) atoms. The van der Waals surface area contributed by atoms with E-state index in [1.165, 1.54) is 23.1 Å². The number of carbonyl (C=O) groups is 2. The van der Waals surface area contributed by atoms with Crippen LogP contribution in [0, 0.1) is 11.7 Å². The number of aliphatic carboxylic acids is 1. The highest BCUT2D eigenvalue weighted by atomic mass is 79.9. The molecule has 102 valence electrons. The van der Waals surface area contributed by atoms with Gasteiger partial charge in [0, 0.05) is 17.9 Å². The average Bonchev–Trinajstić information content (AvgIpc) is 2.35. The first kappa shape index (κ1) is 14.0. The molecule has 1 amide bonds. The molecule has 1 aromatic rings. The highest BCUT2D eigenvalue weighted by Crippen LogP contribution is 2.39. The molecule has 4 nitrogen and oxygen atoms in total. The number of carboxylic acids is 1. The molecule has 1 fully saturated rings. The number of hydrogen-bond acceptors (Lipinski definition) is 2. The van der Waals surface area contributed by atoms with Crippen molar-refractivity contribution in [3.63, 3.8) is 0 Å². The maximum atomic E-state index is 13.4. The second kappa shape index (κ2) is 5.28.